The number of aromatic nitrogens is 1. The molecule has 112 valence electrons. The molecule has 2 N–H and O–H groups in total. The standard InChI is InChI=1S/C15H16Cl2N2O2/c1-8(2)11-6-10(7-19-15(11)20-3)21-14-12(16)4-9(18)5-13(14)17/h4-8H,18H2,1-3H3. The van der Waals surface area contributed by atoms with Crippen molar-refractivity contribution < 1.29 is 9.47 Å². The van der Waals surface area contributed by atoms with E-state index in [2.05, 4.69) is 4.98 Å². The van der Waals surface area contributed by atoms with E-state index >= 15 is 0 Å². The van der Waals surface area contributed by atoms with Gasteiger partial charge in [-0.3, -0.25) is 0 Å². The van der Waals surface area contributed by atoms with Crippen molar-refractivity contribution in [3.63, 3.8) is 0 Å². The molecular weight excluding hydrogens is 311 g/mol. The van der Waals surface area contributed by atoms with Gasteiger partial charge in [0.05, 0.1) is 23.4 Å². The predicted molar refractivity (Wildman–Crippen MR) is 85.8 cm³/mol. The number of nitrogens with two attached hydrogens (primary N) is 1. The first-order valence-electron chi connectivity index (χ1n) is 6.38. The molecule has 0 saturated carbocycles. The molecule has 0 bridgehead atoms. The van der Waals surface area contributed by atoms with Crippen LogP contribution in [-0.4, -0.2) is 12.1 Å². The molecule has 0 aliphatic rings. The second-order valence-corrected chi connectivity index (χ2v) is 5.65. The fourth-order valence-corrected chi connectivity index (χ4v) is 2.46. The highest BCUT2D eigenvalue weighted by Gasteiger charge is 2.14. The van der Waals surface area contributed by atoms with Gasteiger partial charge in [-0.05, 0) is 24.1 Å². The zero-order valence-electron chi connectivity index (χ0n) is 12.0. The number of benzene rings is 1. The summed E-state index contributed by atoms with van der Waals surface area (Å²) in [6, 6.07) is 5.03. The van der Waals surface area contributed by atoms with E-state index in [0.29, 0.717) is 33.1 Å². The minimum Gasteiger partial charge on any atom is -0.481 e. The fourth-order valence-electron chi connectivity index (χ4n) is 1.88. The van der Waals surface area contributed by atoms with Crippen LogP contribution in [0.15, 0.2) is 24.4 Å². The molecule has 0 aliphatic carbocycles. The van der Waals surface area contributed by atoms with Gasteiger partial charge in [0, 0.05) is 11.3 Å². The highest BCUT2D eigenvalue weighted by atomic mass is 35.5. The third-order valence-electron chi connectivity index (χ3n) is 2.91. The van der Waals surface area contributed by atoms with E-state index in [9.17, 15) is 0 Å². The van der Waals surface area contributed by atoms with Crippen LogP contribution in [0.5, 0.6) is 17.4 Å². The Bertz CT molecular complexity index is 637. The van der Waals surface area contributed by atoms with Crippen LogP contribution >= 0.6 is 23.2 Å². The molecule has 1 aromatic heterocycles. The number of hydrogen-bond donors (Lipinski definition) is 1. The van der Waals surface area contributed by atoms with Gasteiger partial charge in [0.25, 0.3) is 0 Å². The van der Waals surface area contributed by atoms with Gasteiger partial charge < -0.3 is 15.2 Å². The Balaban J connectivity index is 2.39. The first-order chi connectivity index (χ1) is 9.92. The molecule has 0 radical (unpaired) electrons. The van der Waals surface area contributed by atoms with Crippen molar-refractivity contribution in [2.75, 3.05) is 12.8 Å². The number of nitrogens with zero attached hydrogens (tertiary/aromatic N) is 1. The highest BCUT2D eigenvalue weighted by Crippen LogP contribution is 2.39. The van der Waals surface area contributed by atoms with E-state index in [-0.39, 0.29) is 5.92 Å². The van der Waals surface area contributed by atoms with Gasteiger partial charge in [0.1, 0.15) is 5.75 Å². The number of ether oxygens (including phenoxy) is 2. The summed E-state index contributed by atoms with van der Waals surface area (Å²) < 4.78 is 11.0. The van der Waals surface area contributed by atoms with E-state index < -0.39 is 0 Å². The van der Waals surface area contributed by atoms with E-state index in [4.69, 9.17) is 38.4 Å². The average molecular weight is 327 g/mol. The Morgan fingerprint density at radius 3 is 2.29 bits per heavy atom. The smallest absolute Gasteiger partial charge is 0.216 e. The molecule has 0 fully saturated rings. The molecule has 6 heteroatoms. The fraction of sp³-hybridized carbons (Fsp3) is 0.267. The maximum absolute atomic E-state index is 6.11. The summed E-state index contributed by atoms with van der Waals surface area (Å²) in [5.74, 6) is 1.71. The van der Waals surface area contributed by atoms with Gasteiger partial charge in [-0.15, -0.1) is 0 Å². The minimum absolute atomic E-state index is 0.244. The van der Waals surface area contributed by atoms with E-state index in [0.717, 1.165) is 5.56 Å². The Morgan fingerprint density at radius 2 is 1.76 bits per heavy atom. The van der Waals surface area contributed by atoms with Crippen molar-refractivity contribution in [1.29, 1.82) is 0 Å². The van der Waals surface area contributed by atoms with Crippen LogP contribution in [0.2, 0.25) is 10.0 Å². The van der Waals surface area contributed by atoms with E-state index in [1.54, 1.807) is 25.4 Å². The SMILES string of the molecule is COc1ncc(Oc2c(Cl)cc(N)cc2Cl)cc1C(C)C. The lowest BCUT2D eigenvalue weighted by molar-refractivity contribution is 0.387. The van der Waals surface area contributed by atoms with E-state index in [1.165, 1.54) is 0 Å². The Morgan fingerprint density at radius 1 is 1.14 bits per heavy atom. The Hall–Kier alpha value is -1.65. The van der Waals surface area contributed by atoms with Crippen molar-refractivity contribution in [3.8, 4) is 17.4 Å². The van der Waals surface area contributed by atoms with E-state index in [1.807, 2.05) is 19.9 Å². The summed E-state index contributed by atoms with van der Waals surface area (Å²) in [5.41, 5.74) is 7.09. The molecule has 0 amide bonds. The maximum atomic E-state index is 6.11. The lowest BCUT2D eigenvalue weighted by Gasteiger charge is -2.14. The molecule has 1 heterocycles. The topological polar surface area (TPSA) is 57.4 Å². The molecule has 2 aromatic rings. The lowest BCUT2D eigenvalue weighted by atomic mass is 10.1. The van der Waals surface area contributed by atoms with Crippen molar-refractivity contribution in [2.45, 2.75) is 19.8 Å². The van der Waals surface area contributed by atoms with Crippen LogP contribution in [0.25, 0.3) is 0 Å². The molecule has 4 nitrogen and oxygen atoms in total. The predicted octanol–water partition coefficient (Wildman–Crippen LogP) is 4.89. The van der Waals surface area contributed by atoms with Gasteiger partial charge in [0.15, 0.2) is 5.75 Å². The van der Waals surface area contributed by atoms with Gasteiger partial charge >= 0.3 is 0 Å². The third-order valence-corrected chi connectivity index (χ3v) is 3.47. The molecule has 1 aromatic carbocycles. The summed E-state index contributed by atoms with van der Waals surface area (Å²) in [4.78, 5) is 4.23. The summed E-state index contributed by atoms with van der Waals surface area (Å²) >= 11 is 12.2. The number of nitrogen functional groups attached to an aromatic ring is 1. The highest BCUT2D eigenvalue weighted by molar-refractivity contribution is 6.37. The first kappa shape index (κ1) is 15.7. The largest absolute Gasteiger partial charge is 0.481 e. The van der Waals surface area contributed by atoms with Gasteiger partial charge in [0.2, 0.25) is 5.88 Å². The van der Waals surface area contributed by atoms with Crippen LogP contribution in [0.3, 0.4) is 0 Å². The number of halogens is 2. The second kappa shape index (κ2) is 6.41. The summed E-state index contributed by atoms with van der Waals surface area (Å²) in [5, 5.41) is 0.698. The van der Waals surface area contributed by atoms with Gasteiger partial charge in [-0.1, -0.05) is 37.0 Å². The monoisotopic (exact) mass is 326 g/mol. The number of hydrogen-bond acceptors (Lipinski definition) is 4. The van der Waals surface area contributed by atoms with Crippen LogP contribution in [0, 0.1) is 0 Å². The average Bonchev–Trinajstić information content (AvgIpc) is 2.42. The lowest BCUT2D eigenvalue weighted by Crippen LogP contribution is -1.98. The number of anilines is 1. The van der Waals surface area contributed by atoms with Crippen molar-refractivity contribution >= 4 is 28.9 Å². The van der Waals surface area contributed by atoms with Gasteiger partial charge in [-0.2, -0.15) is 0 Å². The molecule has 0 atom stereocenters. The summed E-state index contributed by atoms with van der Waals surface area (Å²) in [7, 11) is 1.59. The third kappa shape index (κ3) is 3.52. The molecule has 0 saturated heterocycles. The van der Waals surface area contributed by atoms with Gasteiger partial charge in [-0.25, -0.2) is 4.98 Å². The molecule has 0 unspecified atom stereocenters. The Labute approximate surface area is 133 Å². The van der Waals surface area contributed by atoms with Crippen LogP contribution in [0.4, 0.5) is 5.69 Å². The first-order valence-corrected chi connectivity index (χ1v) is 7.14. The van der Waals surface area contributed by atoms with Crippen molar-refractivity contribution in [3.05, 3.63) is 40.0 Å². The van der Waals surface area contributed by atoms with Crippen molar-refractivity contribution in [2.24, 2.45) is 0 Å². The Kier molecular flexibility index (Phi) is 4.80. The summed E-state index contributed by atoms with van der Waals surface area (Å²) in [6.07, 6.45) is 1.56. The molecule has 21 heavy (non-hydrogen) atoms. The second-order valence-electron chi connectivity index (χ2n) is 4.84. The molecular formula is C15H16Cl2N2O2. The number of rotatable bonds is 4. The van der Waals surface area contributed by atoms with Crippen LogP contribution in [0.1, 0.15) is 25.3 Å². The maximum Gasteiger partial charge on any atom is 0.216 e. The quantitative estimate of drug-likeness (QED) is 0.812. The van der Waals surface area contributed by atoms with Crippen LogP contribution < -0.4 is 15.2 Å². The molecule has 0 aliphatic heterocycles. The minimum atomic E-state index is 0.244. The van der Waals surface area contributed by atoms with Crippen molar-refractivity contribution in [1.82, 2.24) is 4.98 Å². The molecule has 0 spiro atoms. The zero-order valence-corrected chi connectivity index (χ0v) is 13.5. The van der Waals surface area contributed by atoms with Crippen LogP contribution in [-0.2, 0) is 0 Å². The summed E-state index contributed by atoms with van der Waals surface area (Å²) in [6.45, 7) is 4.10. The normalized spacial score (nSPS) is 10.8. The molecule has 2 rings (SSSR count). The zero-order chi connectivity index (χ0) is 15.6. The number of pyridine rings is 1. The number of methoxy groups -OCH3 is 1.